The third-order valence-corrected chi connectivity index (χ3v) is 4.20. The van der Waals surface area contributed by atoms with Crippen molar-refractivity contribution in [3.8, 4) is 0 Å². The van der Waals surface area contributed by atoms with Gasteiger partial charge in [-0.3, -0.25) is 19.2 Å². The van der Waals surface area contributed by atoms with Gasteiger partial charge < -0.3 is 42.1 Å². The maximum atomic E-state index is 12.7. The van der Waals surface area contributed by atoms with E-state index in [1.54, 1.807) is 13.8 Å². The van der Waals surface area contributed by atoms with Crippen LogP contribution in [0.25, 0.3) is 0 Å². The van der Waals surface area contributed by atoms with Crippen LogP contribution in [0.15, 0.2) is 0 Å². The summed E-state index contributed by atoms with van der Waals surface area (Å²) < 4.78 is 0. The molecule has 9 N–H and O–H groups in total. The number of carboxylic acids is 2. The molecule has 0 aliphatic rings. The van der Waals surface area contributed by atoms with Crippen molar-refractivity contribution >= 4 is 29.7 Å². The molecule has 31 heavy (non-hydrogen) atoms. The van der Waals surface area contributed by atoms with Gasteiger partial charge in [0.1, 0.15) is 18.1 Å². The lowest BCUT2D eigenvalue weighted by Gasteiger charge is -2.26. The Morgan fingerprint density at radius 2 is 1.39 bits per heavy atom. The van der Waals surface area contributed by atoms with Crippen LogP contribution in [-0.2, 0) is 24.0 Å². The first-order valence-corrected chi connectivity index (χ1v) is 9.70. The first-order chi connectivity index (χ1) is 14.3. The Bertz CT molecular complexity index is 654. The smallest absolute Gasteiger partial charge is 0.328 e. The number of carbonyl (C=O) groups excluding carboxylic acids is 3. The minimum atomic E-state index is -1.68. The molecule has 13 nitrogen and oxygen atoms in total. The molecule has 13 heteroatoms. The number of aliphatic hydroxyl groups is 2. The van der Waals surface area contributed by atoms with Gasteiger partial charge in [-0.15, -0.1) is 0 Å². The van der Waals surface area contributed by atoms with E-state index in [4.69, 9.17) is 21.1 Å². The Kier molecular flexibility index (Phi) is 12.3. The van der Waals surface area contributed by atoms with Gasteiger partial charge in [-0.05, 0) is 25.7 Å². The normalized spacial score (nSPS) is 15.8. The summed E-state index contributed by atoms with van der Waals surface area (Å²) >= 11 is 0. The summed E-state index contributed by atoms with van der Waals surface area (Å²) in [6, 6.07) is -5.53. The lowest BCUT2D eigenvalue weighted by atomic mass is 10.0. The average Bonchev–Trinajstić information content (AvgIpc) is 2.66. The second kappa shape index (κ2) is 13.5. The predicted octanol–water partition coefficient (Wildman–Crippen LogP) is -2.86. The minimum absolute atomic E-state index is 0.0701. The Hall–Kier alpha value is -2.77. The molecule has 0 aliphatic heterocycles. The Morgan fingerprint density at radius 1 is 0.871 bits per heavy atom. The molecule has 0 aromatic carbocycles. The Balaban J connectivity index is 5.52. The Morgan fingerprint density at radius 3 is 1.81 bits per heavy atom. The SMILES string of the molecule is CC(C)CC(NC(=O)C(N)CO)C(=O)NC(CCC(=O)O)C(=O)NC(C(=O)O)C(C)O. The van der Waals surface area contributed by atoms with Gasteiger partial charge >= 0.3 is 11.9 Å². The van der Waals surface area contributed by atoms with Crippen LogP contribution in [0.3, 0.4) is 0 Å². The number of rotatable bonds is 14. The molecule has 0 rings (SSSR count). The van der Waals surface area contributed by atoms with Gasteiger partial charge in [0.2, 0.25) is 17.7 Å². The number of aliphatic carboxylic acids is 2. The lowest BCUT2D eigenvalue weighted by molar-refractivity contribution is -0.145. The number of hydrogen-bond acceptors (Lipinski definition) is 8. The molecule has 3 amide bonds. The lowest BCUT2D eigenvalue weighted by Crippen LogP contribution is -2.58. The highest BCUT2D eigenvalue weighted by Crippen LogP contribution is 2.08. The summed E-state index contributed by atoms with van der Waals surface area (Å²) in [6.07, 6.45) is -2.18. The molecule has 0 aromatic rings. The second-order valence-electron chi connectivity index (χ2n) is 7.54. The zero-order valence-corrected chi connectivity index (χ0v) is 17.7. The number of carbonyl (C=O) groups is 5. The third kappa shape index (κ3) is 10.7. The number of aliphatic hydroxyl groups excluding tert-OH is 2. The number of nitrogens with two attached hydrogens (primary N) is 1. The molecule has 0 aliphatic carbocycles. The highest BCUT2D eigenvalue weighted by Gasteiger charge is 2.32. The topological polar surface area (TPSA) is 228 Å². The number of hydrogen-bond donors (Lipinski definition) is 8. The zero-order chi connectivity index (χ0) is 24.3. The number of nitrogens with one attached hydrogen (secondary N) is 3. The molecule has 0 saturated carbocycles. The summed E-state index contributed by atoms with van der Waals surface area (Å²) in [5.74, 6) is -5.46. The monoisotopic (exact) mass is 448 g/mol. The van der Waals surface area contributed by atoms with Crippen LogP contribution in [0.5, 0.6) is 0 Å². The van der Waals surface area contributed by atoms with Crippen molar-refractivity contribution in [2.45, 2.75) is 70.3 Å². The molecule has 0 heterocycles. The van der Waals surface area contributed by atoms with E-state index in [-0.39, 0.29) is 18.8 Å². The standard InChI is InChI=1S/C18H32N4O9/c1-8(2)6-12(21-15(27)10(19)7-23)17(29)20-11(4-5-13(25)26)16(28)22-14(9(3)24)18(30)31/h8-12,14,23-24H,4-7,19H2,1-3H3,(H,20,29)(H,21,27)(H,22,28)(H,25,26)(H,30,31). The van der Waals surface area contributed by atoms with Gasteiger partial charge in [-0.2, -0.15) is 0 Å². The quantitative estimate of drug-likeness (QED) is 0.135. The van der Waals surface area contributed by atoms with E-state index in [1.165, 1.54) is 0 Å². The van der Waals surface area contributed by atoms with Gasteiger partial charge in [0.15, 0.2) is 6.04 Å². The summed E-state index contributed by atoms with van der Waals surface area (Å²) in [4.78, 5) is 59.3. The van der Waals surface area contributed by atoms with Crippen LogP contribution in [-0.4, -0.2) is 87.0 Å². The van der Waals surface area contributed by atoms with Crippen molar-refractivity contribution < 1.29 is 44.4 Å². The molecule has 178 valence electrons. The predicted molar refractivity (Wildman–Crippen MR) is 106 cm³/mol. The van der Waals surface area contributed by atoms with E-state index in [1.807, 2.05) is 0 Å². The van der Waals surface area contributed by atoms with Gasteiger partial charge in [0.05, 0.1) is 12.7 Å². The number of carboxylic acid groups (broad SMARTS) is 2. The summed E-state index contributed by atoms with van der Waals surface area (Å²) in [6.45, 7) is 4.03. The van der Waals surface area contributed by atoms with Crippen LogP contribution < -0.4 is 21.7 Å². The number of amides is 3. The highest BCUT2D eigenvalue weighted by molar-refractivity contribution is 5.94. The van der Waals surface area contributed by atoms with E-state index in [0.717, 1.165) is 6.92 Å². The average molecular weight is 448 g/mol. The van der Waals surface area contributed by atoms with E-state index < -0.39 is 73.0 Å². The summed E-state index contributed by atoms with van der Waals surface area (Å²) in [7, 11) is 0. The fourth-order valence-corrected chi connectivity index (χ4v) is 2.52. The van der Waals surface area contributed by atoms with Crippen LogP contribution in [0.1, 0.15) is 40.0 Å². The fraction of sp³-hybridized carbons (Fsp3) is 0.722. The van der Waals surface area contributed by atoms with Crippen LogP contribution in [0, 0.1) is 5.92 Å². The maximum absolute atomic E-state index is 12.7. The molecular formula is C18H32N4O9. The molecule has 5 atom stereocenters. The molecule has 0 saturated heterocycles. The van der Waals surface area contributed by atoms with E-state index >= 15 is 0 Å². The van der Waals surface area contributed by atoms with Crippen LogP contribution in [0.4, 0.5) is 0 Å². The molecule has 5 unspecified atom stereocenters. The Labute approximate surface area is 179 Å². The molecule has 0 spiro atoms. The fourth-order valence-electron chi connectivity index (χ4n) is 2.52. The van der Waals surface area contributed by atoms with Crippen molar-refractivity contribution in [1.29, 1.82) is 0 Å². The van der Waals surface area contributed by atoms with Gasteiger partial charge in [0, 0.05) is 6.42 Å². The minimum Gasteiger partial charge on any atom is -0.481 e. The molecular weight excluding hydrogens is 416 g/mol. The molecule has 0 bridgehead atoms. The first-order valence-electron chi connectivity index (χ1n) is 9.70. The maximum Gasteiger partial charge on any atom is 0.328 e. The van der Waals surface area contributed by atoms with Gasteiger partial charge in [-0.1, -0.05) is 13.8 Å². The first kappa shape index (κ1) is 28.2. The van der Waals surface area contributed by atoms with Crippen molar-refractivity contribution in [3.05, 3.63) is 0 Å². The molecule has 0 radical (unpaired) electrons. The summed E-state index contributed by atoms with van der Waals surface area (Å²) in [5.41, 5.74) is 5.44. The van der Waals surface area contributed by atoms with E-state index in [9.17, 15) is 29.1 Å². The third-order valence-electron chi connectivity index (χ3n) is 4.20. The zero-order valence-electron chi connectivity index (χ0n) is 17.7. The highest BCUT2D eigenvalue weighted by atomic mass is 16.4. The molecule has 0 fully saturated rings. The molecule has 0 aromatic heterocycles. The summed E-state index contributed by atoms with van der Waals surface area (Å²) in [5, 5.41) is 43.2. The van der Waals surface area contributed by atoms with Crippen LogP contribution >= 0.6 is 0 Å². The van der Waals surface area contributed by atoms with Crippen LogP contribution in [0.2, 0.25) is 0 Å². The largest absolute Gasteiger partial charge is 0.481 e. The second-order valence-corrected chi connectivity index (χ2v) is 7.54. The van der Waals surface area contributed by atoms with E-state index in [0.29, 0.717) is 0 Å². The van der Waals surface area contributed by atoms with Crippen molar-refractivity contribution in [2.24, 2.45) is 11.7 Å². The van der Waals surface area contributed by atoms with Gasteiger partial charge in [-0.25, -0.2) is 4.79 Å². The van der Waals surface area contributed by atoms with Crippen molar-refractivity contribution in [1.82, 2.24) is 16.0 Å². The van der Waals surface area contributed by atoms with Gasteiger partial charge in [0.25, 0.3) is 0 Å². The van der Waals surface area contributed by atoms with Crippen molar-refractivity contribution in [3.63, 3.8) is 0 Å². The van der Waals surface area contributed by atoms with Crippen molar-refractivity contribution in [2.75, 3.05) is 6.61 Å². The van der Waals surface area contributed by atoms with E-state index in [2.05, 4.69) is 16.0 Å².